The highest BCUT2D eigenvalue weighted by Gasteiger charge is 2.29. The van der Waals surface area contributed by atoms with Crippen LogP contribution in [0.4, 0.5) is 0 Å². The number of aromatic amines is 1. The molecule has 3 aliphatic rings. The number of carbonyl (C=O) groups is 2. The van der Waals surface area contributed by atoms with Crippen LogP contribution in [0.2, 0.25) is 0 Å². The van der Waals surface area contributed by atoms with Crippen molar-refractivity contribution in [2.24, 2.45) is 32.5 Å². The maximum atomic E-state index is 10.6. The summed E-state index contributed by atoms with van der Waals surface area (Å²) in [4.78, 5) is 47.2. The van der Waals surface area contributed by atoms with Crippen LogP contribution in [0.1, 0.15) is 531 Å². The largest absolute Gasteiger partial charge is 0.469 e. The van der Waals surface area contributed by atoms with E-state index in [4.69, 9.17) is 0 Å². The van der Waals surface area contributed by atoms with Crippen LogP contribution >= 0.6 is 0 Å². The van der Waals surface area contributed by atoms with E-state index < -0.39 is 0 Å². The molecule has 1 aromatic heterocycles. The number of Topliss-reactive ketones (excluding diaryl/α,β-unsaturated/α-hetero) is 1. The smallest absolute Gasteiger partial charge is 0.305 e. The number of aryl methyl sites for hydroxylation is 1. The molecule has 0 radical (unpaired) electrons. The van der Waals surface area contributed by atoms with Crippen LogP contribution in [-0.4, -0.2) is 246 Å². The van der Waals surface area contributed by atoms with E-state index in [0.29, 0.717) is 113 Å². The fourth-order valence-electron chi connectivity index (χ4n) is 13.4. The molecule has 800 valence electrons. The Hall–Kier alpha value is -2.08. The van der Waals surface area contributed by atoms with Gasteiger partial charge in [0.15, 0.2) is 0 Å². The SMILES string of the molecule is CC(=O)CCC(C)(C)C.CC(C)(C)C.CC(C)(C)CCc1ncn[nH]1.CC(C)(C)N1CCCC1.CC(C)(C)N1CCCCC1.CC(C)(C)N1CCCCC1.CC(C)N(C(C)C)C(C)(C)C.CC(C)N(C)C(C)(C)C.CCC(C)(C)C.CCCC(C)(C)C.CCN(C(C)C)C(C)(C)C.CCN(C)C(C)(C)C.CCN(CC)C(C)(C)C.CN(C)C(C)(C)C.COC(=O)CCC(C)(C)C. The highest BCUT2D eigenvalue weighted by Crippen LogP contribution is 2.27. The minimum absolute atomic E-state index is 0.116. The van der Waals surface area contributed by atoms with Gasteiger partial charge in [0.2, 0.25) is 0 Å². The number of nitrogens with zero attached hydrogens (tertiary/aromatic N) is 11. The molecule has 0 bridgehead atoms. The van der Waals surface area contributed by atoms with Crippen molar-refractivity contribution in [2.75, 3.05) is 101 Å². The van der Waals surface area contributed by atoms with E-state index in [1.54, 1.807) is 13.3 Å². The lowest BCUT2D eigenvalue weighted by Crippen LogP contribution is -2.49. The number of esters is 1. The number of ketones is 1. The van der Waals surface area contributed by atoms with E-state index in [9.17, 15) is 9.59 Å². The first-order chi connectivity index (χ1) is 57.8. The number of piperidine rings is 2. The van der Waals surface area contributed by atoms with Gasteiger partial charge in [0.05, 0.1) is 7.11 Å². The first kappa shape index (κ1) is 152. The van der Waals surface area contributed by atoms with Gasteiger partial charge in [-0.25, -0.2) is 4.98 Å². The summed E-state index contributed by atoms with van der Waals surface area (Å²) >= 11 is 0. The second kappa shape index (κ2) is 73.1. The van der Waals surface area contributed by atoms with Gasteiger partial charge in [-0.05, 0) is 440 Å². The number of ether oxygens (including phenoxy) is 1. The third kappa shape index (κ3) is 115. The molecule has 131 heavy (non-hydrogen) atoms. The lowest BCUT2D eigenvalue weighted by Gasteiger charge is -2.42. The molecule has 1 aromatic rings. The van der Waals surface area contributed by atoms with Crippen molar-refractivity contribution in [3.8, 4) is 0 Å². The van der Waals surface area contributed by atoms with Crippen molar-refractivity contribution in [3.63, 3.8) is 0 Å². The molecule has 15 heteroatoms. The number of aromatic nitrogens is 3. The number of nitrogens with one attached hydrogen (secondary N) is 1. The first-order valence-electron chi connectivity index (χ1n) is 52.9. The van der Waals surface area contributed by atoms with E-state index >= 15 is 0 Å². The third-order valence-electron chi connectivity index (χ3n) is 23.1. The van der Waals surface area contributed by atoms with E-state index in [2.05, 4.69) is 508 Å². The average Bonchev–Trinajstić information content (AvgIpc) is 1.14. The van der Waals surface area contributed by atoms with Crippen LogP contribution in [0.25, 0.3) is 0 Å². The number of hydrogen-bond acceptors (Lipinski definition) is 14. The van der Waals surface area contributed by atoms with Gasteiger partial charge in [-0.3, -0.25) is 44.2 Å². The number of hydrogen-bond donors (Lipinski definition) is 1. The van der Waals surface area contributed by atoms with Crippen LogP contribution in [0.15, 0.2) is 6.33 Å². The fourth-order valence-corrected chi connectivity index (χ4v) is 13.4. The topological polar surface area (TPSA) is 114 Å². The second-order valence-corrected chi connectivity index (χ2v) is 55.2. The predicted molar refractivity (Wildman–Crippen MR) is 600 cm³/mol. The molecule has 3 saturated heterocycles. The standard InChI is InChI=1S/C10H23N.2C9H19N.C9H21N.C8H15N3.C8H17N.2C8H19N.C8H16O2.C8H16O.C7H17N.C7H16.C6H15N.C6H14.C5H12/c1-8(2)11(9(3)4)10(5,6)7;2*1-9(2,3)10-7-5-4-6-8-10;1-7-10(8(2)3)9(4,5)6;1-8(2,3)5-4-7-9-6-10-11-7;1-8(2,3)9-6-4-5-7-9;1-7(2)9(6)8(3,4)5;1-6-9(7-2)8(3,4)5;1-8(2,3)6-5-7(9)10-4;1-7(9)5-6-8(2,3)4;1-6-8(5)7(2,3)4;1-5-6-7(2,3)4;1-6(2,3)7(4)5;1-5-6(2,3)4;1-5(2,3)4/h8-9H,1-7H3;2*4-8H2,1-3H3;8H,7H2,1-6H3;6H,4-5H2,1-3H3,(H,9,10,11);4-7H2,1-3H3;7H,1-6H3;6-7H2,1-5H3;5-6H2,1-4H3;5-6H2,1-4H3;6H2,1-5H3;5-6H2,1-4H3;1-5H3;5H2,1-4H3;1-4H3. The Kier molecular flexibility index (Phi) is 84.6. The van der Waals surface area contributed by atoms with Gasteiger partial charge in [0.25, 0.3) is 0 Å². The maximum Gasteiger partial charge on any atom is 0.305 e. The molecule has 3 aliphatic heterocycles. The Morgan fingerprint density at radius 2 is 0.672 bits per heavy atom. The van der Waals surface area contributed by atoms with Crippen molar-refractivity contribution in [1.29, 1.82) is 0 Å². The van der Waals surface area contributed by atoms with Gasteiger partial charge in [0.1, 0.15) is 17.9 Å². The van der Waals surface area contributed by atoms with Gasteiger partial charge in [-0.1, -0.05) is 199 Å². The molecular formula is C116H258N12O3. The van der Waals surface area contributed by atoms with Crippen molar-refractivity contribution in [3.05, 3.63) is 12.2 Å². The zero-order valence-electron chi connectivity index (χ0n) is 104. The number of H-pyrrole nitrogens is 1. The normalized spacial score (nSPS) is 14.8. The van der Waals surface area contributed by atoms with E-state index in [1.165, 1.54) is 117 Å². The summed E-state index contributed by atoms with van der Waals surface area (Å²) in [5.74, 6) is 1.17. The minimum Gasteiger partial charge on any atom is -0.469 e. The summed E-state index contributed by atoms with van der Waals surface area (Å²) in [5.41, 5.74) is 5.69. The summed E-state index contributed by atoms with van der Waals surface area (Å²) in [6.07, 6.45) is 22.0. The number of rotatable bonds is 15. The first-order valence-corrected chi connectivity index (χ1v) is 52.9. The van der Waals surface area contributed by atoms with Gasteiger partial charge in [-0.15, -0.1) is 0 Å². The molecule has 4 heterocycles. The zero-order valence-corrected chi connectivity index (χ0v) is 104. The zero-order chi connectivity index (χ0) is 107. The molecular weight excluding hydrogens is 1610 g/mol. The van der Waals surface area contributed by atoms with Gasteiger partial charge in [-0.2, -0.15) is 5.10 Å². The van der Waals surface area contributed by atoms with Gasteiger partial charge < -0.3 is 19.3 Å². The van der Waals surface area contributed by atoms with E-state index in [0.717, 1.165) is 64.1 Å². The summed E-state index contributed by atoms with van der Waals surface area (Å²) in [7, 11) is 9.88. The molecule has 15 nitrogen and oxygen atoms in total. The predicted octanol–water partition coefficient (Wildman–Crippen LogP) is 32.7. The molecule has 0 atom stereocenters. The van der Waals surface area contributed by atoms with Crippen LogP contribution in [0.5, 0.6) is 0 Å². The highest BCUT2D eigenvalue weighted by atomic mass is 16.5. The Labute approximate surface area is 831 Å². The maximum absolute atomic E-state index is 10.6. The summed E-state index contributed by atoms with van der Waals surface area (Å²) in [6, 6.07) is 2.57. The number of methoxy groups -OCH3 is 1. The monoisotopic (exact) mass is 1870 g/mol. The Morgan fingerprint density at radius 3 is 0.771 bits per heavy atom. The lowest BCUT2D eigenvalue weighted by molar-refractivity contribution is -0.141. The minimum atomic E-state index is -0.116. The van der Waals surface area contributed by atoms with Crippen molar-refractivity contribution in [1.82, 2.24) is 59.3 Å². The van der Waals surface area contributed by atoms with E-state index in [1.807, 2.05) is 0 Å². The number of carbonyl (C=O) groups excluding carboxylic acids is 2. The molecule has 0 aromatic carbocycles. The summed E-state index contributed by atoms with van der Waals surface area (Å²) in [6.45, 7) is 148. The van der Waals surface area contributed by atoms with Crippen LogP contribution in [-0.2, 0) is 20.7 Å². The van der Waals surface area contributed by atoms with Crippen LogP contribution in [0.3, 0.4) is 0 Å². The van der Waals surface area contributed by atoms with Crippen molar-refractivity contribution < 1.29 is 14.3 Å². The third-order valence-corrected chi connectivity index (χ3v) is 23.1. The van der Waals surface area contributed by atoms with Crippen LogP contribution in [0, 0.1) is 32.5 Å². The van der Waals surface area contributed by atoms with E-state index in [-0.39, 0.29) is 11.4 Å². The van der Waals surface area contributed by atoms with Crippen molar-refractivity contribution in [2.45, 2.75) is 606 Å². The molecule has 0 unspecified atom stereocenters. The summed E-state index contributed by atoms with van der Waals surface area (Å²) < 4.78 is 4.51. The van der Waals surface area contributed by atoms with Gasteiger partial charge in [0, 0.05) is 93.3 Å². The number of likely N-dealkylation sites (tertiary alicyclic amines) is 3. The molecule has 0 saturated carbocycles. The van der Waals surface area contributed by atoms with Crippen LogP contribution < -0.4 is 0 Å². The molecule has 3 fully saturated rings. The Bertz CT molecular complexity index is 2590. The molecule has 1 N–H and O–H groups in total. The Morgan fingerprint density at radius 1 is 0.374 bits per heavy atom. The quantitative estimate of drug-likeness (QED) is 0.168. The second-order valence-electron chi connectivity index (χ2n) is 55.2. The van der Waals surface area contributed by atoms with Crippen molar-refractivity contribution >= 4 is 11.8 Å². The molecule has 0 amide bonds. The van der Waals surface area contributed by atoms with Gasteiger partial charge >= 0.3 is 5.97 Å². The molecule has 0 spiro atoms. The Balaban J connectivity index is -0.000000131. The fraction of sp³-hybridized carbons (Fsp3) is 0.966. The summed E-state index contributed by atoms with van der Waals surface area (Å²) in [5, 5.41) is 6.64. The highest BCUT2D eigenvalue weighted by molar-refractivity contribution is 5.75. The molecule has 0 aliphatic carbocycles. The average molecular weight is 1870 g/mol. The lowest BCUT2D eigenvalue weighted by atomic mass is 9.90. The molecule has 4 rings (SSSR count).